The summed E-state index contributed by atoms with van der Waals surface area (Å²) in [6, 6.07) is 13.4. The normalized spacial score (nSPS) is 15.7. The Morgan fingerprint density at radius 1 is 1.19 bits per heavy atom. The third-order valence-electron chi connectivity index (χ3n) is 3.80. The maximum Gasteiger partial charge on any atom is 0.277 e. The molecule has 3 aromatic rings. The first-order chi connectivity index (χ1) is 12.7. The van der Waals surface area contributed by atoms with E-state index in [0.717, 1.165) is 21.5 Å². The van der Waals surface area contributed by atoms with Crippen LogP contribution < -0.4 is 14.2 Å². The van der Waals surface area contributed by atoms with Crippen LogP contribution in [0.25, 0.3) is 0 Å². The molecule has 2 heterocycles. The number of halogens is 1. The zero-order valence-electron chi connectivity index (χ0n) is 13.8. The predicted molar refractivity (Wildman–Crippen MR) is 99.9 cm³/mol. The number of methoxy groups -OCH3 is 1. The number of hydrogen-bond acceptors (Lipinski definition) is 7. The summed E-state index contributed by atoms with van der Waals surface area (Å²) in [5.74, 6) is 3.27. The molecule has 26 heavy (non-hydrogen) atoms. The molecule has 0 saturated carbocycles. The third kappa shape index (κ3) is 3.66. The molecule has 0 radical (unpaired) electrons. The van der Waals surface area contributed by atoms with Gasteiger partial charge in [-0.05, 0) is 30.3 Å². The molecular weight excluding hydrogens is 420 g/mol. The summed E-state index contributed by atoms with van der Waals surface area (Å²) in [5.41, 5.74) is 1.04. The fourth-order valence-electron chi connectivity index (χ4n) is 2.55. The molecule has 0 saturated heterocycles. The number of rotatable bonds is 5. The molecule has 0 fully saturated rings. The molecule has 0 bridgehead atoms. The van der Waals surface area contributed by atoms with Crippen LogP contribution in [-0.2, 0) is 5.75 Å². The highest BCUT2D eigenvalue weighted by Gasteiger charge is 2.27. The topological polar surface area (TPSA) is 66.6 Å². The van der Waals surface area contributed by atoms with Gasteiger partial charge in [-0.2, -0.15) is 0 Å². The number of fused-ring (bicyclic) bond motifs is 1. The quantitative estimate of drug-likeness (QED) is 0.541. The number of thioether (sulfide) groups is 1. The van der Waals surface area contributed by atoms with Crippen LogP contribution in [-0.4, -0.2) is 23.9 Å². The van der Waals surface area contributed by atoms with Crippen LogP contribution in [0.4, 0.5) is 0 Å². The summed E-state index contributed by atoms with van der Waals surface area (Å²) in [4.78, 5) is 0. The molecule has 0 N–H and O–H groups in total. The molecule has 8 heteroatoms. The van der Waals surface area contributed by atoms with E-state index >= 15 is 0 Å². The van der Waals surface area contributed by atoms with Crippen molar-refractivity contribution in [3.63, 3.8) is 0 Å². The molecular formula is C18H15BrN2O4S. The second-order valence-electron chi connectivity index (χ2n) is 5.52. The van der Waals surface area contributed by atoms with Crippen LogP contribution in [0, 0.1) is 0 Å². The zero-order valence-corrected chi connectivity index (χ0v) is 16.2. The summed E-state index contributed by atoms with van der Waals surface area (Å²) < 4.78 is 23.7. The molecule has 0 spiro atoms. The van der Waals surface area contributed by atoms with Crippen molar-refractivity contribution >= 4 is 27.7 Å². The van der Waals surface area contributed by atoms with Gasteiger partial charge in [0.2, 0.25) is 6.10 Å². The van der Waals surface area contributed by atoms with E-state index in [1.165, 1.54) is 11.8 Å². The Balaban J connectivity index is 1.44. The van der Waals surface area contributed by atoms with Gasteiger partial charge in [0.05, 0.1) is 7.11 Å². The van der Waals surface area contributed by atoms with Crippen LogP contribution in [0.2, 0.25) is 0 Å². The SMILES string of the molecule is COc1ccc(Br)cc1CSc1nnc([C@@H]2COc3ccccc3O2)o1. The Morgan fingerprint density at radius 3 is 2.88 bits per heavy atom. The molecule has 2 aromatic carbocycles. The Kier molecular flexibility index (Phi) is 5.03. The van der Waals surface area contributed by atoms with Gasteiger partial charge in [0.15, 0.2) is 11.5 Å². The van der Waals surface area contributed by atoms with Crippen molar-refractivity contribution < 1.29 is 18.6 Å². The van der Waals surface area contributed by atoms with E-state index in [2.05, 4.69) is 26.1 Å². The number of aromatic nitrogens is 2. The first-order valence-electron chi connectivity index (χ1n) is 7.90. The van der Waals surface area contributed by atoms with Crippen LogP contribution in [0.1, 0.15) is 17.6 Å². The molecule has 0 unspecified atom stereocenters. The number of ether oxygens (including phenoxy) is 3. The van der Waals surface area contributed by atoms with E-state index < -0.39 is 6.10 Å². The van der Waals surface area contributed by atoms with Crippen molar-refractivity contribution in [3.05, 3.63) is 58.4 Å². The van der Waals surface area contributed by atoms with E-state index in [9.17, 15) is 0 Å². The molecule has 1 atom stereocenters. The first kappa shape index (κ1) is 17.2. The summed E-state index contributed by atoms with van der Waals surface area (Å²) in [7, 11) is 1.65. The van der Waals surface area contributed by atoms with Gasteiger partial charge in [0.25, 0.3) is 11.1 Å². The minimum atomic E-state index is -0.410. The van der Waals surface area contributed by atoms with Crippen molar-refractivity contribution in [2.75, 3.05) is 13.7 Å². The van der Waals surface area contributed by atoms with E-state index in [1.54, 1.807) is 7.11 Å². The molecule has 1 aromatic heterocycles. The largest absolute Gasteiger partial charge is 0.496 e. The maximum atomic E-state index is 5.89. The number of para-hydroxylation sites is 2. The summed E-state index contributed by atoms with van der Waals surface area (Å²) >= 11 is 4.92. The van der Waals surface area contributed by atoms with Gasteiger partial charge in [-0.3, -0.25) is 0 Å². The molecule has 134 valence electrons. The summed E-state index contributed by atoms with van der Waals surface area (Å²) in [5, 5.41) is 8.68. The molecule has 0 aliphatic carbocycles. The average Bonchev–Trinajstić information content (AvgIpc) is 3.15. The molecule has 1 aliphatic rings. The number of benzene rings is 2. The van der Waals surface area contributed by atoms with Crippen molar-refractivity contribution in [1.29, 1.82) is 0 Å². The van der Waals surface area contributed by atoms with Crippen LogP contribution in [0.5, 0.6) is 17.2 Å². The highest BCUT2D eigenvalue weighted by atomic mass is 79.9. The smallest absolute Gasteiger partial charge is 0.277 e. The highest BCUT2D eigenvalue weighted by molar-refractivity contribution is 9.10. The predicted octanol–water partition coefficient (Wildman–Crippen LogP) is 4.65. The standard InChI is InChI=1S/C18H15BrN2O4S/c1-22-13-7-6-12(19)8-11(13)10-26-18-21-20-17(25-18)16-9-23-14-4-2-3-5-15(14)24-16/h2-8,16H,9-10H2,1H3/t16-/m0/s1. The molecule has 6 nitrogen and oxygen atoms in total. The van der Waals surface area contributed by atoms with Gasteiger partial charge in [-0.25, -0.2) is 0 Å². The molecule has 0 amide bonds. The monoisotopic (exact) mass is 434 g/mol. The lowest BCUT2D eigenvalue weighted by Gasteiger charge is -2.23. The lowest BCUT2D eigenvalue weighted by atomic mass is 10.2. The van der Waals surface area contributed by atoms with Crippen molar-refractivity contribution in [2.45, 2.75) is 17.1 Å². The maximum absolute atomic E-state index is 5.89. The van der Waals surface area contributed by atoms with Gasteiger partial charge in [0, 0.05) is 15.8 Å². The second kappa shape index (κ2) is 7.59. The fraction of sp³-hybridized carbons (Fsp3) is 0.222. The van der Waals surface area contributed by atoms with Crippen molar-refractivity contribution in [2.24, 2.45) is 0 Å². The van der Waals surface area contributed by atoms with Gasteiger partial charge in [-0.1, -0.05) is 39.8 Å². The van der Waals surface area contributed by atoms with E-state index in [-0.39, 0.29) is 0 Å². The third-order valence-corrected chi connectivity index (χ3v) is 5.16. The lowest BCUT2D eigenvalue weighted by Crippen LogP contribution is -2.21. The van der Waals surface area contributed by atoms with Crippen LogP contribution >= 0.6 is 27.7 Å². The van der Waals surface area contributed by atoms with Crippen molar-refractivity contribution in [1.82, 2.24) is 10.2 Å². The van der Waals surface area contributed by atoms with Crippen LogP contribution in [0.3, 0.4) is 0 Å². The summed E-state index contributed by atoms with van der Waals surface area (Å²) in [6.07, 6.45) is -0.410. The minimum absolute atomic E-state index is 0.336. The van der Waals surface area contributed by atoms with E-state index in [1.807, 2.05) is 42.5 Å². The van der Waals surface area contributed by atoms with E-state index in [0.29, 0.717) is 29.2 Å². The lowest BCUT2D eigenvalue weighted by molar-refractivity contribution is 0.0686. The zero-order chi connectivity index (χ0) is 17.9. The number of nitrogens with zero attached hydrogens (tertiary/aromatic N) is 2. The van der Waals surface area contributed by atoms with Gasteiger partial charge >= 0.3 is 0 Å². The first-order valence-corrected chi connectivity index (χ1v) is 9.68. The Bertz CT molecular complexity index is 918. The molecule has 1 aliphatic heterocycles. The minimum Gasteiger partial charge on any atom is -0.496 e. The van der Waals surface area contributed by atoms with Crippen LogP contribution in [0.15, 0.2) is 56.6 Å². The fourth-order valence-corrected chi connectivity index (χ4v) is 3.71. The average molecular weight is 435 g/mol. The Labute approximate surface area is 163 Å². The van der Waals surface area contributed by atoms with Gasteiger partial charge < -0.3 is 18.6 Å². The Morgan fingerprint density at radius 2 is 2.04 bits per heavy atom. The van der Waals surface area contributed by atoms with E-state index in [4.69, 9.17) is 18.6 Å². The van der Waals surface area contributed by atoms with Crippen molar-refractivity contribution in [3.8, 4) is 17.2 Å². The summed E-state index contributed by atoms with van der Waals surface area (Å²) in [6.45, 7) is 0.336. The van der Waals surface area contributed by atoms with Gasteiger partial charge in [0.1, 0.15) is 12.4 Å². The number of hydrogen-bond donors (Lipinski definition) is 0. The highest BCUT2D eigenvalue weighted by Crippen LogP contribution is 2.36. The van der Waals surface area contributed by atoms with Gasteiger partial charge in [-0.15, -0.1) is 10.2 Å². The second-order valence-corrected chi connectivity index (χ2v) is 7.36. The molecule has 4 rings (SSSR count). The Hall–Kier alpha value is -2.19.